The average molecular weight is 437 g/mol. The molecular formula is C26H36N4O2. The van der Waals surface area contributed by atoms with E-state index in [9.17, 15) is 4.79 Å². The molecule has 0 saturated heterocycles. The fourth-order valence-corrected chi connectivity index (χ4v) is 3.44. The van der Waals surface area contributed by atoms with Crippen LogP contribution in [0.15, 0.2) is 54.4 Å². The van der Waals surface area contributed by atoms with Gasteiger partial charge in [0.2, 0.25) is 0 Å². The molecule has 2 aromatic carbocycles. The third-order valence-corrected chi connectivity index (χ3v) is 5.15. The lowest BCUT2D eigenvalue weighted by molar-refractivity contribution is 0.102. The molecule has 0 saturated carbocycles. The molecule has 6 nitrogen and oxygen atoms in total. The summed E-state index contributed by atoms with van der Waals surface area (Å²) in [5.41, 5.74) is 12.3. The van der Waals surface area contributed by atoms with Crippen molar-refractivity contribution >= 4 is 17.3 Å². The number of nitrogens with two attached hydrogens (primary N) is 2. The minimum absolute atomic E-state index is 0.0658. The maximum Gasteiger partial charge on any atom is 0.255 e. The molecule has 0 aliphatic heterocycles. The van der Waals surface area contributed by atoms with Gasteiger partial charge in [-0.15, -0.1) is 0 Å². The summed E-state index contributed by atoms with van der Waals surface area (Å²) in [5.74, 6) is 6.62. The first kappa shape index (κ1) is 25.0. The average Bonchev–Trinajstić information content (AvgIpc) is 2.66. The molecular weight excluding hydrogens is 400 g/mol. The van der Waals surface area contributed by atoms with E-state index in [-0.39, 0.29) is 11.3 Å². The first-order chi connectivity index (χ1) is 14.8. The lowest BCUT2D eigenvalue weighted by atomic mass is 9.85. The molecule has 5 N–H and O–H groups in total. The Morgan fingerprint density at radius 3 is 2.41 bits per heavy atom. The second-order valence-corrected chi connectivity index (χ2v) is 9.32. The Kier molecular flexibility index (Phi) is 7.75. The molecule has 0 aliphatic rings. The Hall–Kier alpha value is -3.25. The summed E-state index contributed by atoms with van der Waals surface area (Å²) in [5, 5.41) is 4.45. The summed E-state index contributed by atoms with van der Waals surface area (Å²) in [4.78, 5) is 13.1. The Labute approximate surface area is 191 Å². The normalized spacial score (nSPS) is 11.8. The van der Waals surface area contributed by atoms with Gasteiger partial charge in [-0.05, 0) is 61.1 Å². The van der Waals surface area contributed by atoms with Crippen LogP contribution in [0.2, 0.25) is 0 Å². The monoisotopic (exact) mass is 436 g/mol. The van der Waals surface area contributed by atoms with Crippen LogP contribution in [0, 0.1) is 13.8 Å². The van der Waals surface area contributed by atoms with E-state index in [1.165, 1.54) is 5.01 Å². The third kappa shape index (κ3) is 6.14. The zero-order chi connectivity index (χ0) is 24.2. The van der Waals surface area contributed by atoms with Crippen molar-refractivity contribution in [3.63, 3.8) is 0 Å². The number of amides is 1. The number of nitrogens with zero attached hydrogens (tertiary/aromatic N) is 1. The molecule has 0 unspecified atom stereocenters. The minimum Gasteiger partial charge on any atom is -0.494 e. The van der Waals surface area contributed by atoms with Gasteiger partial charge in [-0.3, -0.25) is 9.80 Å². The largest absolute Gasteiger partial charge is 0.494 e. The summed E-state index contributed by atoms with van der Waals surface area (Å²) in [6.07, 6.45) is 2.20. The van der Waals surface area contributed by atoms with Crippen molar-refractivity contribution in [2.24, 2.45) is 11.6 Å². The van der Waals surface area contributed by atoms with Crippen LogP contribution in [0.3, 0.4) is 0 Å². The zero-order valence-corrected chi connectivity index (χ0v) is 20.3. The van der Waals surface area contributed by atoms with Crippen LogP contribution in [-0.4, -0.2) is 13.0 Å². The first-order valence-corrected chi connectivity index (χ1v) is 10.6. The van der Waals surface area contributed by atoms with Crippen LogP contribution in [0.25, 0.3) is 0 Å². The van der Waals surface area contributed by atoms with Crippen LogP contribution >= 0.6 is 0 Å². The van der Waals surface area contributed by atoms with E-state index < -0.39 is 0 Å². The zero-order valence-electron chi connectivity index (χ0n) is 20.3. The Morgan fingerprint density at radius 2 is 1.84 bits per heavy atom. The molecule has 2 rings (SSSR count). The number of hydrazine groups is 1. The summed E-state index contributed by atoms with van der Waals surface area (Å²) >= 11 is 0. The molecule has 0 fully saturated rings. The summed E-state index contributed by atoms with van der Waals surface area (Å²) in [6, 6.07) is 9.45. The van der Waals surface area contributed by atoms with E-state index in [0.717, 1.165) is 22.3 Å². The number of anilines is 2. The van der Waals surface area contributed by atoms with Gasteiger partial charge in [-0.25, -0.2) is 5.84 Å². The van der Waals surface area contributed by atoms with Crippen LogP contribution in [0.5, 0.6) is 5.75 Å². The van der Waals surface area contributed by atoms with Gasteiger partial charge in [0.25, 0.3) is 5.91 Å². The molecule has 0 bridgehead atoms. The van der Waals surface area contributed by atoms with E-state index in [0.29, 0.717) is 34.8 Å². The topological polar surface area (TPSA) is 93.6 Å². The summed E-state index contributed by atoms with van der Waals surface area (Å²) in [6.45, 7) is 16.1. The predicted molar refractivity (Wildman–Crippen MR) is 134 cm³/mol. The number of ether oxygens (including phenoxy) is 1. The Morgan fingerprint density at radius 1 is 1.19 bits per heavy atom. The smallest absolute Gasteiger partial charge is 0.255 e. The predicted octanol–water partition coefficient (Wildman–Crippen LogP) is 5.31. The van der Waals surface area contributed by atoms with Crippen molar-refractivity contribution in [1.29, 1.82) is 0 Å². The highest BCUT2D eigenvalue weighted by Gasteiger charge is 2.20. The lowest BCUT2D eigenvalue weighted by Gasteiger charge is -2.23. The van der Waals surface area contributed by atoms with Gasteiger partial charge >= 0.3 is 0 Å². The molecule has 32 heavy (non-hydrogen) atoms. The molecule has 0 radical (unpaired) electrons. The highest BCUT2D eigenvalue weighted by atomic mass is 16.5. The number of rotatable bonds is 7. The highest BCUT2D eigenvalue weighted by Crippen LogP contribution is 2.35. The van der Waals surface area contributed by atoms with Crippen LogP contribution in [0.1, 0.15) is 61.2 Å². The third-order valence-electron chi connectivity index (χ3n) is 5.15. The number of carbonyl (C=O) groups excluding carboxylic acids is 1. The van der Waals surface area contributed by atoms with Crippen LogP contribution in [-0.2, 0) is 5.41 Å². The number of hydrogen-bond donors (Lipinski definition) is 3. The second kappa shape index (κ2) is 9.92. The minimum atomic E-state index is -0.248. The van der Waals surface area contributed by atoms with Crippen molar-refractivity contribution in [2.45, 2.75) is 53.4 Å². The lowest BCUT2D eigenvalue weighted by Crippen LogP contribution is -2.27. The number of aryl methyl sites for hydroxylation is 2. The summed E-state index contributed by atoms with van der Waals surface area (Å²) in [7, 11) is 1.60. The molecule has 172 valence electrons. The number of carbonyl (C=O) groups is 1. The highest BCUT2D eigenvalue weighted by molar-refractivity contribution is 6.06. The maximum absolute atomic E-state index is 13.1. The van der Waals surface area contributed by atoms with Crippen LogP contribution < -0.4 is 26.6 Å². The van der Waals surface area contributed by atoms with E-state index >= 15 is 0 Å². The SMILES string of the molecule is C=C(C)C/C(N)=C/N(N)c1cc(C(=O)Nc2cc(C(C)(C)C)cc(C)c2OC)ccc1C. The standard InChI is InChI=1S/C26H36N4O2/c1-16(2)11-21(27)15-30(28)23-13-19(10-9-17(23)3)25(31)29-22-14-20(26(5,6)7)12-18(4)24(22)32-8/h9-10,12-15H,1,11,27-28H2,2-8H3,(H,29,31)/b21-15-. The van der Waals surface area contributed by atoms with E-state index in [1.54, 1.807) is 25.4 Å². The molecule has 0 aliphatic carbocycles. The van der Waals surface area contributed by atoms with Crippen molar-refractivity contribution in [3.05, 3.63) is 76.6 Å². The van der Waals surface area contributed by atoms with E-state index in [2.05, 4.69) is 38.7 Å². The van der Waals surface area contributed by atoms with E-state index in [1.807, 2.05) is 32.9 Å². The van der Waals surface area contributed by atoms with Gasteiger partial charge in [0.1, 0.15) is 5.75 Å². The fourth-order valence-electron chi connectivity index (χ4n) is 3.44. The van der Waals surface area contributed by atoms with Gasteiger partial charge in [0, 0.05) is 23.9 Å². The first-order valence-electron chi connectivity index (χ1n) is 10.6. The number of benzene rings is 2. The molecule has 0 heterocycles. The van der Waals surface area contributed by atoms with E-state index in [4.69, 9.17) is 16.3 Å². The number of nitrogens with one attached hydrogen (secondary N) is 1. The Balaban J connectivity index is 2.39. The number of methoxy groups -OCH3 is 1. The number of allylic oxidation sites excluding steroid dienone is 1. The van der Waals surface area contributed by atoms with Gasteiger partial charge in [-0.2, -0.15) is 0 Å². The van der Waals surface area contributed by atoms with Crippen LogP contribution in [0.4, 0.5) is 11.4 Å². The van der Waals surface area contributed by atoms with Gasteiger partial charge in [-0.1, -0.05) is 45.1 Å². The molecule has 2 aromatic rings. The summed E-state index contributed by atoms with van der Waals surface area (Å²) < 4.78 is 5.57. The van der Waals surface area contributed by atoms with Crippen molar-refractivity contribution in [1.82, 2.24) is 0 Å². The molecule has 6 heteroatoms. The molecule has 0 aromatic heterocycles. The van der Waals surface area contributed by atoms with Crippen molar-refractivity contribution in [2.75, 3.05) is 17.4 Å². The molecule has 0 spiro atoms. The second-order valence-electron chi connectivity index (χ2n) is 9.32. The fraction of sp³-hybridized carbons (Fsp3) is 0.346. The van der Waals surface area contributed by atoms with Gasteiger partial charge < -0.3 is 15.8 Å². The number of hydrogen-bond acceptors (Lipinski definition) is 5. The molecule has 1 amide bonds. The van der Waals surface area contributed by atoms with Gasteiger partial charge in [0.05, 0.1) is 18.5 Å². The van der Waals surface area contributed by atoms with Crippen molar-refractivity contribution < 1.29 is 9.53 Å². The Bertz CT molecular complexity index is 1050. The quantitative estimate of drug-likeness (QED) is 0.311. The molecule has 0 atom stereocenters. The maximum atomic E-state index is 13.1. The van der Waals surface area contributed by atoms with Crippen molar-refractivity contribution in [3.8, 4) is 5.75 Å². The van der Waals surface area contributed by atoms with Gasteiger partial charge in [0.15, 0.2) is 0 Å².